The lowest BCUT2D eigenvalue weighted by Gasteiger charge is -2.09. The van der Waals surface area contributed by atoms with Crippen LogP contribution in [-0.2, 0) is 6.54 Å². The monoisotopic (exact) mass is 402 g/mol. The predicted molar refractivity (Wildman–Crippen MR) is 111 cm³/mol. The number of hydrogen-bond donors (Lipinski definition) is 1. The molecule has 4 rings (SSSR count). The number of halogens is 1. The number of carbonyl (C=O) groups is 1. The number of hydrogen-bond acceptors (Lipinski definition) is 4. The Balaban J connectivity index is 1.57. The second-order valence-corrected chi connectivity index (χ2v) is 6.59. The zero-order chi connectivity index (χ0) is 20.9. The molecule has 0 aliphatic rings. The van der Waals surface area contributed by atoms with Gasteiger partial charge in [-0.1, -0.05) is 36.4 Å². The van der Waals surface area contributed by atoms with Crippen molar-refractivity contribution in [1.82, 2.24) is 10.3 Å². The van der Waals surface area contributed by atoms with Gasteiger partial charge in [-0.3, -0.25) is 4.79 Å². The lowest BCUT2D eigenvalue weighted by molar-refractivity contribution is 0.0951. The Labute approximate surface area is 173 Å². The zero-order valence-electron chi connectivity index (χ0n) is 16.3. The normalized spacial score (nSPS) is 10.6. The van der Waals surface area contributed by atoms with Crippen LogP contribution in [0, 0.1) is 5.82 Å². The highest BCUT2D eigenvalue weighted by molar-refractivity contribution is 6.00. The van der Waals surface area contributed by atoms with E-state index in [0.717, 1.165) is 11.3 Å². The van der Waals surface area contributed by atoms with Crippen LogP contribution in [0.25, 0.3) is 22.8 Å². The predicted octanol–water partition coefficient (Wildman–Crippen LogP) is 5.09. The molecule has 0 spiro atoms. The van der Waals surface area contributed by atoms with Crippen molar-refractivity contribution in [3.05, 3.63) is 95.9 Å². The molecule has 0 aliphatic carbocycles. The lowest BCUT2D eigenvalue weighted by Crippen LogP contribution is -2.23. The number of nitrogens with one attached hydrogen (secondary N) is 1. The molecule has 0 fully saturated rings. The van der Waals surface area contributed by atoms with Gasteiger partial charge in [-0.15, -0.1) is 0 Å². The first-order valence-corrected chi connectivity index (χ1v) is 9.37. The number of ether oxygens (including phenoxy) is 1. The van der Waals surface area contributed by atoms with E-state index >= 15 is 0 Å². The molecule has 0 radical (unpaired) electrons. The summed E-state index contributed by atoms with van der Waals surface area (Å²) in [5, 5.41) is 2.90. The number of amides is 1. The van der Waals surface area contributed by atoms with Crippen LogP contribution >= 0.6 is 0 Å². The highest BCUT2D eigenvalue weighted by Crippen LogP contribution is 2.29. The van der Waals surface area contributed by atoms with E-state index in [4.69, 9.17) is 9.15 Å². The summed E-state index contributed by atoms with van der Waals surface area (Å²) in [5.74, 6) is 0.612. The smallest absolute Gasteiger partial charge is 0.252 e. The van der Waals surface area contributed by atoms with Crippen molar-refractivity contribution in [1.29, 1.82) is 0 Å². The summed E-state index contributed by atoms with van der Waals surface area (Å²) in [6.45, 7) is 0.344. The van der Waals surface area contributed by atoms with E-state index in [2.05, 4.69) is 10.3 Å². The number of methoxy groups -OCH3 is 1. The summed E-state index contributed by atoms with van der Waals surface area (Å²) in [6, 6.07) is 20.8. The molecule has 0 atom stereocenters. The van der Waals surface area contributed by atoms with E-state index in [9.17, 15) is 9.18 Å². The van der Waals surface area contributed by atoms with Crippen LogP contribution in [0.4, 0.5) is 4.39 Å². The molecule has 150 valence electrons. The minimum absolute atomic E-state index is 0.250. The van der Waals surface area contributed by atoms with Crippen LogP contribution in [0.1, 0.15) is 15.9 Å². The van der Waals surface area contributed by atoms with Crippen molar-refractivity contribution in [3.8, 4) is 28.5 Å². The first kappa shape index (κ1) is 19.4. The van der Waals surface area contributed by atoms with Crippen LogP contribution in [0.2, 0.25) is 0 Å². The van der Waals surface area contributed by atoms with Crippen LogP contribution in [0.15, 0.2) is 83.4 Å². The van der Waals surface area contributed by atoms with Gasteiger partial charge in [-0.2, -0.15) is 0 Å². The van der Waals surface area contributed by atoms with Gasteiger partial charge in [0.15, 0.2) is 5.76 Å². The minimum Gasteiger partial charge on any atom is -0.497 e. The van der Waals surface area contributed by atoms with Crippen molar-refractivity contribution in [2.45, 2.75) is 6.54 Å². The number of rotatable bonds is 6. The van der Waals surface area contributed by atoms with Crippen molar-refractivity contribution in [2.75, 3.05) is 7.11 Å². The fraction of sp³-hybridized carbons (Fsp3) is 0.0833. The van der Waals surface area contributed by atoms with Crippen molar-refractivity contribution < 1.29 is 18.3 Å². The van der Waals surface area contributed by atoms with Gasteiger partial charge in [0.1, 0.15) is 11.6 Å². The summed E-state index contributed by atoms with van der Waals surface area (Å²) in [7, 11) is 1.60. The van der Waals surface area contributed by atoms with Gasteiger partial charge in [0.05, 0.1) is 24.4 Å². The summed E-state index contributed by atoms with van der Waals surface area (Å²) >= 11 is 0. The second kappa shape index (κ2) is 8.61. The first-order valence-electron chi connectivity index (χ1n) is 9.37. The molecule has 1 N–H and O–H groups in total. The SMILES string of the molecule is COc1cccc(CNC(=O)c2ccccc2-c2ncc(-c3ccccc3F)o2)c1. The van der Waals surface area contributed by atoms with Crippen molar-refractivity contribution in [2.24, 2.45) is 0 Å². The maximum Gasteiger partial charge on any atom is 0.252 e. The van der Waals surface area contributed by atoms with Crippen LogP contribution < -0.4 is 10.1 Å². The van der Waals surface area contributed by atoms with E-state index in [-0.39, 0.29) is 11.8 Å². The van der Waals surface area contributed by atoms with Crippen molar-refractivity contribution in [3.63, 3.8) is 0 Å². The average molecular weight is 402 g/mol. The topological polar surface area (TPSA) is 64.4 Å². The van der Waals surface area contributed by atoms with E-state index < -0.39 is 5.82 Å². The van der Waals surface area contributed by atoms with Gasteiger partial charge in [-0.25, -0.2) is 9.37 Å². The zero-order valence-corrected chi connectivity index (χ0v) is 16.3. The van der Waals surface area contributed by atoms with E-state index in [1.807, 2.05) is 24.3 Å². The molecule has 6 heteroatoms. The molecule has 5 nitrogen and oxygen atoms in total. The number of carbonyl (C=O) groups excluding carboxylic acids is 1. The van der Waals surface area contributed by atoms with Gasteiger partial charge in [0, 0.05) is 12.1 Å². The molecule has 3 aromatic carbocycles. The fourth-order valence-corrected chi connectivity index (χ4v) is 3.11. The largest absolute Gasteiger partial charge is 0.497 e. The summed E-state index contributed by atoms with van der Waals surface area (Å²) in [4.78, 5) is 17.1. The summed E-state index contributed by atoms with van der Waals surface area (Å²) in [6.07, 6.45) is 1.46. The van der Waals surface area contributed by atoms with E-state index in [1.165, 1.54) is 12.3 Å². The average Bonchev–Trinajstić information content (AvgIpc) is 3.28. The van der Waals surface area contributed by atoms with Crippen LogP contribution in [0.3, 0.4) is 0 Å². The highest BCUT2D eigenvalue weighted by Gasteiger charge is 2.18. The quantitative estimate of drug-likeness (QED) is 0.488. The minimum atomic E-state index is -0.399. The Hall–Kier alpha value is -3.93. The van der Waals surface area contributed by atoms with Gasteiger partial charge >= 0.3 is 0 Å². The van der Waals surface area contributed by atoms with Gasteiger partial charge < -0.3 is 14.5 Å². The molecular formula is C24H19FN2O3. The Bertz CT molecular complexity index is 1190. The Morgan fingerprint density at radius 3 is 2.60 bits per heavy atom. The Kier molecular flexibility index (Phi) is 5.57. The summed E-state index contributed by atoms with van der Waals surface area (Å²) in [5.41, 5.74) is 2.18. The van der Waals surface area contributed by atoms with Gasteiger partial charge in [0.2, 0.25) is 5.89 Å². The molecule has 1 aromatic heterocycles. The standard InChI is InChI=1S/C24H19FN2O3/c1-29-17-8-6-7-16(13-17)14-26-23(28)18-9-2-3-10-19(18)24-27-15-22(30-24)20-11-4-5-12-21(20)25/h2-13,15H,14H2,1H3,(H,26,28). The summed E-state index contributed by atoms with van der Waals surface area (Å²) < 4.78 is 25.0. The molecular weight excluding hydrogens is 383 g/mol. The van der Waals surface area contributed by atoms with Gasteiger partial charge in [0.25, 0.3) is 5.91 Å². The van der Waals surface area contributed by atoms with E-state index in [0.29, 0.717) is 29.0 Å². The first-order chi connectivity index (χ1) is 14.7. The maximum absolute atomic E-state index is 14.0. The van der Waals surface area contributed by atoms with Crippen molar-refractivity contribution >= 4 is 5.91 Å². The molecule has 1 amide bonds. The Morgan fingerprint density at radius 1 is 1.03 bits per heavy atom. The third-order valence-electron chi connectivity index (χ3n) is 4.63. The Morgan fingerprint density at radius 2 is 1.80 bits per heavy atom. The third kappa shape index (κ3) is 4.07. The number of oxazole rings is 1. The molecule has 0 saturated heterocycles. The molecule has 0 aliphatic heterocycles. The molecule has 0 bridgehead atoms. The lowest BCUT2D eigenvalue weighted by atomic mass is 10.1. The third-order valence-corrected chi connectivity index (χ3v) is 4.63. The number of aromatic nitrogens is 1. The molecule has 1 heterocycles. The van der Waals surface area contributed by atoms with Crippen LogP contribution in [0.5, 0.6) is 5.75 Å². The highest BCUT2D eigenvalue weighted by atomic mass is 19.1. The number of nitrogens with zero attached hydrogens (tertiary/aromatic N) is 1. The molecule has 0 saturated carbocycles. The van der Waals surface area contributed by atoms with Crippen LogP contribution in [-0.4, -0.2) is 18.0 Å². The molecule has 0 unspecified atom stereocenters. The van der Waals surface area contributed by atoms with Gasteiger partial charge in [-0.05, 0) is 42.0 Å². The van der Waals surface area contributed by atoms with E-state index in [1.54, 1.807) is 49.6 Å². The molecule has 30 heavy (non-hydrogen) atoms. The maximum atomic E-state index is 14.0. The molecule has 4 aromatic rings. The fourth-order valence-electron chi connectivity index (χ4n) is 3.11. The second-order valence-electron chi connectivity index (χ2n) is 6.59. The number of benzene rings is 3.